The first-order valence-electron chi connectivity index (χ1n) is 20.8. The molecule has 0 saturated carbocycles. The minimum Gasteiger partial charge on any atom is -0.310 e. The fourth-order valence-electron chi connectivity index (χ4n) is 8.26. The van der Waals surface area contributed by atoms with Crippen molar-refractivity contribution >= 4 is 48.6 Å². The highest BCUT2D eigenvalue weighted by molar-refractivity contribution is 7.26. The Morgan fingerprint density at radius 2 is 0.726 bits per heavy atom. The lowest BCUT2D eigenvalue weighted by atomic mass is 10.0. The number of hydrogen-bond acceptors (Lipinski definition) is 5. The molecule has 0 fully saturated rings. The molecule has 0 aliphatic carbocycles. The third kappa shape index (κ3) is 7.21. The fraction of sp³-hybridized carbons (Fsp3) is 0. The van der Waals surface area contributed by atoms with E-state index in [4.69, 9.17) is 15.0 Å². The van der Waals surface area contributed by atoms with Crippen molar-refractivity contribution in [2.45, 2.75) is 0 Å². The molecule has 0 bridgehead atoms. The van der Waals surface area contributed by atoms with Crippen molar-refractivity contribution in [3.63, 3.8) is 0 Å². The van der Waals surface area contributed by atoms with E-state index in [1.54, 1.807) is 11.3 Å². The van der Waals surface area contributed by atoms with Gasteiger partial charge in [0, 0.05) is 53.9 Å². The number of aromatic nitrogens is 3. The minimum atomic E-state index is 0.637. The van der Waals surface area contributed by atoms with Crippen molar-refractivity contribution < 1.29 is 0 Å². The van der Waals surface area contributed by atoms with Gasteiger partial charge in [-0.05, 0) is 81.9 Å². The Morgan fingerprint density at radius 1 is 0.290 bits per heavy atom. The molecule has 0 spiro atoms. The number of benzene rings is 9. The summed E-state index contributed by atoms with van der Waals surface area (Å²) in [6, 6.07) is 81.2. The van der Waals surface area contributed by atoms with Crippen molar-refractivity contribution in [2.24, 2.45) is 0 Å². The van der Waals surface area contributed by atoms with E-state index in [-0.39, 0.29) is 0 Å². The lowest BCUT2D eigenvalue weighted by Gasteiger charge is -2.26. The third-order valence-electron chi connectivity index (χ3n) is 11.3. The van der Waals surface area contributed by atoms with Gasteiger partial charge in [0.1, 0.15) is 0 Å². The third-order valence-corrected chi connectivity index (χ3v) is 12.5. The largest absolute Gasteiger partial charge is 0.310 e. The van der Waals surface area contributed by atoms with Gasteiger partial charge in [-0.25, -0.2) is 15.0 Å². The first-order chi connectivity index (χ1) is 30.7. The number of rotatable bonds is 9. The van der Waals surface area contributed by atoms with E-state index in [1.165, 1.54) is 31.7 Å². The zero-order chi connectivity index (χ0) is 41.2. The second-order valence-corrected chi connectivity index (χ2v) is 16.3. The molecule has 0 atom stereocenters. The molecule has 0 saturated heterocycles. The summed E-state index contributed by atoms with van der Waals surface area (Å²) in [5.74, 6) is 1.92. The van der Waals surface area contributed by atoms with Crippen LogP contribution in [-0.4, -0.2) is 15.0 Å². The molecule has 11 rings (SSSR count). The van der Waals surface area contributed by atoms with Crippen LogP contribution >= 0.6 is 11.3 Å². The molecule has 0 radical (unpaired) electrons. The quantitative estimate of drug-likeness (QED) is 0.146. The average molecular weight is 811 g/mol. The molecule has 0 amide bonds. The van der Waals surface area contributed by atoms with Crippen LogP contribution in [0.15, 0.2) is 231 Å². The first-order valence-corrected chi connectivity index (χ1v) is 21.6. The topological polar surface area (TPSA) is 41.9 Å². The lowest BCUT2D eigenvalue weighted by molar-refractivity contribution is 1.08. The molecule has 292 valence electrons. The predicted octanol–water partition coefficient (Wildman–Crippen LogP) is 15.7. The molecular formula is C57H38N4S. The second kappa shape index (κ2) is 16.2. The molecule has 5 heteroatoms. The first kappa shape index (κ1) is 37.0. The van der Waals surface area contributed by atoms with E-state index in [0.29, 0.717) is 17.5 Å². The fourth-order valence-corrected chi connectivity index (χ4v) is 9.43. The summed E-state index contributed by atoms with van der Waals surface area (Å²) in [5.41, 5.74) is 13.1. The van der Waals surface area contributed by atoms with Crippen LogP contribution in [0.2, 0.25) is 0 Å². The summed E-state index contributed by atoms with van der Waals surface area (Å²) in [5, 5.41) is 2.30. The van der Waals surface area contributed by atoms with Crippen LogP contribution in [0.3, 0.4) is 0 Å². The molecule has 2 heterocycles. The number of anilines is 3. The van der Waals surface area contributed by atoms with Gasteiger partial charge >= 0.3 is 0 Å². The molecule has 0 N–H and O–H groups in total. The molecule has 9 aromatic carbocycles. The highest BCUT2D eigenvalue weighted by atomic mass is 32.1. The Kier molecular flexibility index (Phi) is 9.69. The van der Waals surface area contributed by atoms with Crippen LogP contribution in [0.25, 0.3) is 87.7 Å². The number of hydrogen-bond donors (Lipinski definition) is 0. The highest BCUT2D eigenvalue weighted by Gasteiger charge is 2.20. The van der Waals surface area contributed by atoms with Gasteiger partial charge < -0.3 is 4.90 Å². The van der Waals surface area contributed by atoms with E-state index >= 15 is 0 Å². The smallest absolute Gasteiger partial charge is 0.164 e. The SMILES string of the molecule is c1ccc(-c2ccc(N(c3ccc(-c4ccccc4)cc3)c3ccc4c(c3)sc3cccc(-c5nc(-c6ccccc6)nc(-c6cccc(-c7ccccc7)c6)n5)c34)cc2)cc1. The zero-order valence-electron chi connectivity index (χ0n) is 33.6. The van der Waals surface area contributed by atoms with E-state index in [1.807, 2.05) is 24.3 Å². The van der Waals surface area contributed by atoms with Crippen molar-refractivity contribution in [2.75, 3.05) is 4.90 Å². The van der Waals surface area contributed by atoms with Gasteiger partial charge in [0.15, 0.2) is 17.5 Å². The van der Waals surface area contributed by atoms with Gasteiger partial charge in [0.25, 0.3) is 0 Å². The molecule has 4 nitrogen and oxygen atoms in total. The number of thiophene rings is 1. The van der Waals surface area contributed by atoms with Crippen molar-refractivity contribution in [1.82, 2.24) is 15.0 Å². The molecule has 62 heavy (non-hydrogen) atoms. The average Bonchev–Trinajstić information content (AvgIpc) is 3.74. The standard InChI is InChI=1S/C57H38N4S/c1-5-15-39(16-6-1)42-27-31-47(32-28-42)61(48-33-29-43(30-34-48)40-17-7-2-8-18-40)49-35-36-50-53(38-49)62-52-26-14-25-51(54(50)52)57-59-55(44-21-11-4-12-22-44)58-56(60-57)46-24-13-23-45(37-46)41-19-9-3-10-20-41/h1-38H. The molecule has 0 aliphatic heterocycles. The maximum atomic E-state index is 5.23. The summed E-state index contributed by atoms with van der Waals surface area (Å²) in [6.07, 6.45) is 0. The predicted molar refractivity (Wildman–Crippen MR) is 260 cm³/mol. The van der Waals surface area contributed by atoms with Crippen LogP contribution in [0.4, 0.5) is 17.1 Å². The zero-order valence-corrected chi connectivity index (χ0v) is 34.5. The molecule has 0 unspecified atom stereocenters. The van der Waals surface area contributed by atoms with Crippen LogP contribution in [0.1, 0.15) is 0 Å². The maximum Gasteiger partial charge on any atom is 0.164 e. The Morgan fingerprint density at radius 3 is 1.31 bits per heavy atom. The highest BCUT2D eigenvalue weighted by Crippen LogP contribution is 2.44. The normalized spacial score (nSPS) is 11.2. The Bertz CT molecular complexity index is 3230. The van der Waals surface area contributed by atoms with E-state index < -0.39 is 0 Å². The molecule has 11 aromatic rings. The summed E-state index contributed by atoms with van der Waals surface area (Å²) in [6.45, 7) is 0. The number of nitrogens with zero attached hydrogens (tertiary/aromatic N) is 4. The van der Waals surface area contributed by atoms with Gasteiger partial charge in [0.2, 0.25) is 0 Å². The van der Waals surface area contributed by atoms with Crippen molar-refractivity contribution in [1.29, 1.82) is 0 Å². The van der Waals surface area contributed by atoms with Gasteiger partial charge in [-0.3, -0.25) is 0 Å². The van der Waals surface area contributed by atoms with E-state index in [2.05, 4.69) is 211 Å². The summed E-state index contributed by atoms with van der Waals surface area (Å²) < 4.78 is 2.36. The summed E-state index contributed by atoms with van der Waals surface area (Å²) in [7, 11) is 0. The molecule has 0 aliphatic rings. The second-order valence-electron chi connectivity index (χ2n) is 15.2. The van der Waals surface area contributed by atoms with Crippen LogP contribution in [0, 0.1) is 0 Å². The summed E-state index contributed by atoms with van der Waals surface area (Å²) >= 11 is 1.79. The maximum absolute atomic E-state index is 5.23. The van der Waals surface area contributed by atoms with Gasteiger partial charge in [0.05, 0.1) is 0 Å². The van der Waals surface area contributed by atoms with Crippen LogP contribution < -0.4 is 4.90 Å². The molecular weight excluding hydrogens is 773 g/mol. The number of fused-ring (bicyclic) bond motifs is 3. The minimum absolute atomic E-state index is 0.637. The lowest BCUT2D eigenvalue weighted by Crippen LogP contribution is -2.09. The Hall–Kier alpha value is -7.99. The van der Waals surface area contributed by atoms with E-state index in [9.17, 15) is 0 Å². The Labute approximate surface area is 364 Å². The van der Waals surface area contributed by atoms with Gasteiger partial charge in [-0.2, -0.15) is 0 Å². The molecule has 2 aromatic heterocycles. The van der Waals surface area contributed by atoms with Crippen LogP contribution in [-0.2, 0) is 0 Å². The van der Waals surface area contributed by atoms with Crippen LogP contribution in [0.5, 0.6) is 0 Å². The van der Waals surface area contributed by atoms with Crippen molar-refractivity contribution in [3.05, 3.63) is 231 Å². The van der Waals surface area contributed by atoms with Gasteiger partial charge in [-0.15, -0.1) is 11.3 Å². The Balaban J connectivity index is 1.03. The summed E-state index contributed by atoms with van der Waals surface area (Å²) in [4.78, 5) is 17.8. The monoisotopic (exact) mass is 810 g/mol. The van der Waals surface area contributed by atoms with Gasteiger partial charge in [-0.1, -0.05) is 182 Å². The van der Waals surface area contributed by atoms with E-state index in [0.717, 1.165) is 55.7 Å². The van der Waals surface area contributed by atoms with Crippen molar-refractivity contribution in [3.8, 4) is 67.5 Å².